The van der Waals surface area contributed by atoms with Gasteiger partial charge in [0.15, 0.2) is 5.78 Å². The van der Waals surface area contributed by atoms with E-state index in [9.17, 15) is 14.4 Å². The SMILES string of the molecule is COC(=O)N(NC1=CCCC1=O)C(=O)OC. The lowest BCUT2D eigenvalue weighted by Gasteiger charge is -2.19. The number of hydrogen-bond donors (Lipinski definition) is 1. The Labute approximate surface area is 92.0 Å². The summed E-state index contributed by atoms with van der Waals surface area (Å²) in [6, 6.07) is 0. The highest BCUT2D eigenvalue weighted by molar-refractivity contribution is 5.98. The van der Waals surface area contributed by atoms with Gasteiger partial charge in [0.25, 0.3) is 0 Å². The highest BCUT2D eigenvalue weighted by Gasteiger charge is 2.27. The second kappa shape index (κ2) is 5.15. The molecule has 0 aromatic carbocycles. The molecule has 0 saturated heterocycles. The molecule has 0 radical (unpaired) electrons. The third-order valence-corrected chi connectivity index (χ3v) is 1.97. The third kappa shape index (κ3) is 2.50. The van der Waals surface area contributed by atoms with Crippen molar-refractivity contribution < 1.29 is 23.9 Å². The Hall–Kier alpha value is -2.05. The van der Waals surface area contributed by atoms with Gasteiger partial charge in [-0.15, -0.1) is 5.01 Å². The number of hydrogen-bond acceptors (Lipinski definition) is 6. The van der Waals surface area contributed by atoms with Crippen molar-refractivity contribution in [2.45, 2.75) is 12.8 Å². The first kappa shape index (κ1) is 12.0. The molecule has 0 fully saturated rings. The van der Waals surface area contributed by atoms with E-state index in [1.165, 1.54) is 0 Å². The van der Waals surface area contributed by atoms with Crippen LogP contribution in [0.3, 0.4) is 0 Å². The number of rotatable bonds is 2. The van der Waals surface area contributed by atoms with Gasteiger partial charge in [-0.05, 0) is 6.42 Å². The molecular weight excluding hydrogens is 216 g/mol. The molecule has 88 valence electrons. The van der Waals surface area contributed by atoms with E-state index in [2.05, 4.69) is 14.9 Å². The number of ketones is 1. The second-order valence-electron chi connectivity index (χ2n) is 2.97. The molecule has 1 rings (SSSR count). The van der Waals surface area contributed by atoms with Gasteiger partial charge in [0.05, 0.1) is 19.9 Å². The van der Waals surface area contributed by atoms with Crippen molar-refractivity contribution in [1.29, 1.82) is 0 Å². The maximum atomic E-state index is 11.3. The smallest absolute Gasteiger partial charge is 0.438 e. The Morgan fingerprint density at radius 3 is 2.25 bits per heavy atom. The lowest BCUT2D eigenvalue weighted by atomic mass is 10.3. The van der Waals surface area contributed by atoms with Crippen molar-refractivity contribution in [3.8, 4) is 0 Å². The summed E-state index contributed by atoms with van der Waals surface area (Å²) >= 11 is 0. The van der Waals surface area contributed by atoms with E-state index < -0.39 is 12.2 Å². The minimum absolute atomic E-state index is 0.169. The fourth-order valence-corrected chi connectivity index (χ4v) is 1.17. The van der Waals surface area contributed by atoms with Crippen LogP contribution in [0, 0.1) is 0 Å². The highest BCUT2D eigenvalue weighted by Crippen LogP contribution is 2.12. The zero-order valence-corrected chi connectivity index (χ0v) is 8.98. The number of carbonyl (C=O) groups excluding carboxylic acids is 3. The van der Waals surface area contributed by atoms with Crippen LogP contribution >= 0.6 is 0 Å². The summed E-state index contributed by atoms with van der Waals surface area (Å²) in [5.74, 6) is -0.169. The van der Waals surface area contributed by atoms with Gasteiger partial charge in [-0.3, -0.25) is 10.2 Å². The largest absolute Gasteiger partial charge is 0.451 e. The van der Waals surface area contributed by atoms with Crippen LogP contribution in [0.4, 0.5) is 9.59 Å². The van der Waals surface area contributed by atoms with Crippen molar-refractivity contribution in [1.82, 2.24) is 10.4 Å². The number of hydrazine groups is 1. The zero-order valence-electron chi connectivity index (χ0n) is 8.98. The van der Waals surface area contributed by atoms with Crippen LogP contribution in [0.15, 0.2) is 11.8 Å². The average Bonchev–Trinajstić information content (AvgIpc) is 2.69. The van der Waals surface area contributed by atoms with Crippen LogP contribution < -0.4 is 5.43 Å². The Balaban J connectivity index is 2.74. The molecule has 16 heavy (non-hydrogen) atoms. The predicted octanol–water partition coefficient (Wildman–Crippen LogP) is 0.573. The van der Waals surface area contributed by atoms with Gasteiger partial charge in [-0.25, -0.2) is 9.59 Å². The third-order valence-electron chi connectivity index (χ3n) is 1.97. The fraction of sp³-hybridized carbons (Fsp3) is 0.444. The Kier molecular flexibility index (Phi) is 3.87. The van der Waals surface area contributed by atoms with Crippen LogP contribution in [-0.4, -0.2) is 37.2 Å². The number of amides is 2. The van der Waals surface area contributed by atoms with Crippen LogP contribution in [0.25, 0.3) is 0 Å². The van der Waals surface area contributed by atoms with Crippen molar-refractivity contribution in [2.75, 3.05) is 14.2 Å². The fourth-order valence-electron chi connectivity index (χ4n) is 1.17. The molecule has 0 aromatic rings. The summed E-state index contributed by atoms with van der Waals surface area (Å²) in [4.78, 5) is 33.7. The van der Waals surface area contributed by atoms with E-state index in [-0.39, 0.29) is 11.5 Å². The van der Waals surface area contributed by atoms with Gasteiger partial charge in [0, 0.05) is 6.42 Å². The number of nitrogens with one attached hydrogen (secondary N) is 1. The van der Waals surface area contributed by atoms with Crippen molar-refractivity contribution in [2.24, 2.45) is 0 Å². The van der Waals surface area contributed by atoms with Gasteiger partial charge < -0.3 is 9.47 Å². The molecule has 0 aliphatic heterocycles. The first-order chi connectivity index (χ1) is 7.60. The topological polar surface area (TPSA) is 84.9 Å². The maximum Gasteiger partial charge on any atom is 0.438 e. The van der Waals surface area contributed by atoms with E-state index in [1.807, 2.05) is 0 Å². The van der Waals surface area contributed by atoms with Gasteiger partial charge in [-0.1, -0.05) is 6.08 Å². The van der Waals surface area contributed by atoms with E-state index in [1.54, 1.807) is 6.08 Å². The number of imide groups is 1. The van der Waals surface area contributed by atoms with E-state index in [0.29, 0.717) is 17.9 Å². The summed E-state index contributed by atoms with van der Waals surface area (Å²) in [5, 5.41) is 0.495. The number of Topliss-reactive ketones (excluding diaryl/α,β-unsaturated/α-hetero) is 1. The molecule has 0 heterocycles. The molecule has 1 aliphatic carbocycles. The predicted molar refractivity (Wildman–Crippen MR) is 52.1 cm³/mol. The van der Waals surface area contributed by atoms with Crippen molar-refractivity contribution >= 4 is 18.0 Å². The molecule has 0 saturated carbocycles. The van der Waals surface area contributed by atoms with E-state index in [4.69, 9.17) is 0 Å². The first-order valence-electron chi connectivity index (χ1n) is 4.56. The van der Waals surface area contributed by atoms with Crippen LogP contribution in [0.5, 0.6) is 0 Å². The molecular formula is C9H12N2O5. The van der Waals surface area contributed by atoms with Crippen LogP contribution in [-0.2, 0) is 14.3 Å². The van der Waals surface area contributed by atoms with Crippen LogP contribution in [0.2, 0.25) is 0 Å². The number of carbonyl (C=O) groups is 3. The summed E-state index contributed by atoms with van der Waals surface area (Å²) in [7, 11) is 2.23. The quantitative estimate of drug-likeness (QED) is 0.695. The average molecular weight is 228 g/mol. The molecule has 0 aromatic heterocycles. The molecule has 1 aliphatic rings. The Morgan fingerprint density at radius 2 is 1.88 bits per heavy atom. The number of nitrogens with zero attached hydrogens (tertiary/aromatic N) is 1. The first-order valence-corrected chi connectivity index (χ1v) is 4.56. The summed E-state index contributed by atoms with van der Waals surface area (Å²) < 4.78 is 8.73. The summed E-state index contributed by atoms with van der Waals surface area (Å²) in [6.07, 6.45) is 0.636. The maximum absolute atomic E-state index is 11.3. The monoisotopic (exact) mass is 228 g/mol. The summed E-state index contributed by atoms with van der Waals surface area (Å²) in [5.41, 5.74) is 2.55. The van der Waals surface area contributed by atoms with Crippen LogP contribution in [0.1, 0.15) is 12.8 Å². The molecule has 0 atom stereocenters. The number of methoxy groups -OCH3 is 2. The molecule has 7 nitrogen and oxygen atoms in total. The van der Waals surface area contributed by atoms with Gasteiger partial charge in [0.2, 0.25) is 0 Å². The molecule has 1 N–H and O–H groups in total. The Bertz CT molecular complexity index is 334. The highest BCUT2D eigenvalue weighted by atomic mass is 16.6. The van der Waals surface area contributed by atoms with E-state index in [0.717, 1.165) is 14.2 Å². The molecule has 2 amide bonds. The zero-order chi connectivity index (χ0) is 12.1. The van der Waals surface area contributed by atoms with E-state index >= 15 is 0 Å². The lowest BCUT2D eigenvalue weighted by Crippen LogP contribution is -2.47. The van der Waals surface area contributed by atoms with Gasteiger partial charge in [-0.2, -0.15) is 0 Å². The molecule has 7 heteroatoms. The summed E-state index contributed by atoms with van der Waals surface area (Å²) in [6.45, 7) is 0. The number of ether oxygens (including phenoxy) is 2. The van der Waals surface area contributed by atoms with Gasteiger partial charge in [0.1, 0.15) is 0 Å². The standard InChI is InChI=1S/C9H12N2O5/c1-15-8(13)11(9(14)16-2)10-6-4-3-5-7(6)12/h4,10H,3,5H2,1-2H3. The second-order valence-corrected chi connectivity index (χ2v) is 2.97. The lowest BCUT2D eigenvalue weighted by molar-refractivity contribution is -0.115. The van der Waals surface area contributed by atoms with Crippen molar-refractivity contribution in [3.05, 3.63) is 11.8 Å². The Morgan fingerprint density at radius 1 is 1.31 bits per heavy atom. The minimum atomic E-state index is -0.951. The minimum Gasteiger partial charge on any atom is -0.451 e. The normalized spacial score (nSPS) is 14.1. The molecule has 0 unspecified atom stereocenters. The van der Waals surface area contributed by atoms with Crippen molar-refractivity contribution in [3.63, 3.8) is 0 Å². The molecule has 0 bridgehead atoms. The van der Waals surface area contributed by atoms with Gasteiger partial charge >= 0.3 is 12.2 Å². The number of allylic oxidation sites excluding steroid dienone is 2. The molecule has 0 spiro atoms.